The summed E-state index contributed by atoms with van der Waals surface area (Å²) in [6.45, 7) is 0. The van der Waals surface area contributed by atoms with Crippen LogP contribution in [0, 0.1) is 10.1 Å². The minimum absolute atomic E-state index is 0.0550. The number of furan rings is 1. The number of amides is 2. The highest BCUT2D eigenvalue weighted by molar-refractivity contribution is 5.80. The molecule has 0 bridgehead atoms. The summed E-state index contributed by atoms with van der Waals surface area (Å²) < 4.78 is 5.40. The predicted molar refractivity (Wildman–Crippen MR) is 71.1 cm³/mol. The quantitative estimate of drug-likeness (QED) is 0.501. The Kier molecular flexibility index (Phi) is 3.75. The van der Waals surface area contributed by atoms with Crippen LogP contribution in [0.1, 0.15) is 5.76 Å². The SMILES string of the molecule is NC(=O)N/N=C/c1ccc(-c2ccccc2[N+](=O)[O-])o1. The molecule has 20 heavy (non-hydrogen) atoms. The molecule has 0 saturated carbocycles. The molecule has 0 atom stereocenters. The van der Waals surface area contributed by atoms with Gasteiger partial charge in [-0.3, -0.25) is 10.1 Å². The Balaban J connectivity index is 2.27. The van der Waals surface area contributed by atoms with Crippen molar-refractivity contribution < 1.29 is 14.1 Å². The number of rotatable bonds is 4. The standard InChI is InChI=1S/C12H10N4O4/c13-12(17)15-14-7-8-5-6-11(20-8)9-3-1-2-4-10(9)16(18)19/h1-7H,(H3,13,15,17)/b14-7+. The number of urea groups is 1. The summed E-state index contributed by atoms with van der Waals surface area (Å²) in [5.41, 5.74) is 7.16. The van der Waals surface area contributed by atoms with Crippen molar-refractivity contribution in [1.82, 2.24) is 5.43 Å². The van der Waals surface area contributed by atoms with Gasteiger partial charge in [-0.25, -0.2) is 10.2 Å². The molecule has 1 aromatic carbocycles. The van der Waals surface area contributed by atoms with Crippen molar-refractivity contribution in [2.24, 2.45) is 10.8 Å². The molecule has 0 saturated heterocycles. The van der Waals surface area contributed by atoms with Crippen LogP contribution in [0.25, 0.3) is 11.3 Å². The van der Waals surface area contributed by atoms with Gasteiger partial charge in [0, 0.05) is 6.07 Å². The van der Waals surface area contributed by atoms with Gasteiger partial charge in [-0.15, -0.1) is 0 Å². The molecule has 0 spiro atoms. The Morgan fingerprint density at radius 2 is 2.10 bits per heavy atom. The van der Waals surface area contributed by atoms with Crippen molar-refractivity contribution in [3.63, 3.8) is 0 Å². The van der Waals surface area contributed by atoms with E-state index >= 15 is 0 Å². The molecule has 0 fully saturated rings. The number of nitrogens with one attached hydrogen (secondary N) is 1. The van der Waals surface area contributed by atoms with Crippen LogP contribution in [0.15, 0.2) is 45.9 Å². The van der Waals surface area contributed by atoms with Gasteiger partial charge >= 0.3 is 6.03 Å². The third kappa shape index (κ3) is 2.99. The zero-order chi connectivity index (χ0) is 14.5. The van der Waals surface area contributed by atoms with Crippen LogP contribution in [0.4, 0.5) is 10.5 Å². The molecule has 0 aliphatic heterocycles. The maximum Gasteiger partial charge on any atom is 0.332 e. The van der Waals surface area contributed by atoms with E-state index < -0.39 is 11.0 Å². The molecule has 2 aromatic rings. The molecule has 102 valence electrons. The Morgan fingerprint density at radius 1 is 1.35 bits per heavy atom. The van der Waals surface area contributed by atoms with Crippen LogP contribution in [0.2, 0.25) is 0 Å². The molecule has 0 radical (unpaired) electrons. The van der Waals surface area contributed by atoms with Gasteiger partial charge in [0.2, 0.25) is 0 Å². The first-order valence-electron chi connectivity index (χ1n) is 5.50. The summed E-state index contributed by atoms with van der Waals surface area (Å²) in [5, 5.41) is 14.5. The Hall–Kier alpha value is -3.16. The highest BCUT2D eigenvalue weighted by Gasteiger charge is 2.16. The second-order valence-corrected chi connectivity index (χ2v) is 3.71. The van der Waals surface area contributed by atoms with Crippen molar-refractivity contribution in [1.29, 1.82) is 0 Å². The molecule has 2 amide bonds. The third-order valence-corrected chi connectivity index (χ3v) is 2.36. The summed E-state index contributed by atoms with van der Waals surface area (Å²) in [6, 6.07) is 8.56. The number of para-hydroxylation sites is 1. The fraction of sp³-hybridized carbons (Fsp3) is 0. The van der Waals surface area contributed by atoms with Gasteiger partial charge in [0.05, 0.1) is 16.7 Å². The van der Waals surface area contributed by atoms with E-state index in [1.807, 2.05) is 5.43 Å². The second kappa shape index (κ2) is 5.65. The zero-order valence-corrected chi connectivity index (χ0v) is 10.1. The Morgan fingerprint density at radius 3 is 2.80 bits per heavy atom. The average Bonchev–Trinajstić information content (AvgIpc) is 2.87. The normalized spacial score (nSPS) is 10.6. The van der Waals surface area contributed by atoms with E-state index in [0.29, 0.717) is 17.1 Å². The van der Waals surface area contributed by atoms with Gasteiger partial charge in [-0.1, -0.05) is 12.1 Å². The molecule has 0 aliphatic rings. The maximum absolute atomic E-state index is 10.9. The number of hydrogen-bond acceptors (Lipinski definition) is 5. The number of nitrogens with zero attached hydrogens (tertiary/aromatic N) is 2. The van der Waals surface area contributed by atoms with Crippen molar-refractivity contribution >= 4 is 17.9 Å². The maximum atomic E-state index is 10.9. The predicted octanol–water partition coefficient (Wildman–Crippen LogP) is 1.86. The molecule has 1 aromatic heterocycles. The van der Waals surface area contributed by atoms with Gasteiger partial charge in [0.25, 0.3) is 5.69 Å². The van der Waals surface area contributed by atoms with E-state index in [9.17, 15) is 14.9 Å². The van der Waals surface area contributed by atoms with Gasteiger partial charge in [-0.05, 0) is 18.2 Å². The van der Waals surface area contributed by atoms with Gasteiger partial charge < -0.3 is 10.2 Å². The van der Waals surface area contributed by atoms with Crippen molar-refractivity contribution in [3.05, 3.63) is 52.3 Å². The largest absolute Gasteiger partial charge is 0.455 e. The second-order valence-electron chi connectivity index (χ2n) is 3.71. The van der Waals surface area contributed by atoms with Crippen LogP contribution in [0.5, 0.6) is 0 Å². The number of carbonyl (C=O) groups excluding carboxylic acids is 1. The number of primary amides is 1. The lowest BCUT2D eigenvalue weighted by Crippen LogP contribution is -2.24. The van der Waals surface area contributed by atoms with Gasteiger partial charge in [0.15, 0.2) is 0 Å². The number of nitro groups is 1. The first-order chi connectivity index (χ1) is 9.58. The van der Waals surface area contributed by atoms with Gasteiger partial charge in [-0.2, -0.15) is 5.10 Å². The van der Waals surface area contributed by atoms with Crippen LogP contribution in [0.3, 0.4) is 0 Å². The summed E-state index contributed by atoms with van der Waals surface area (Å²) in [5.74, 6) is 0.657. The minimum Gasteiger partial charge on any atom is -0.455 e. The van der Waals surface area contributed by atoms with Crippen LogP contribution >= 0.6 is 0 Å². The topological polar surface area (TPSA) is 124 Å². The highest BCUT2D eigenvalue weighted by Crippen LogP contribution is 2.30. The van der Waals surface area contributed by atoms with Crippen LogP contribution in [-0.4, -0.2) is 17.2 Å². The van der Waals surface area contributed by atoms with Crippen LogP contribution in [-0.2, 0) is 0 Å². The molecule has 2 rings (SSSR count). The van der Waals surface area contributed by atoms with E-state index in [1.54, 1.807) is 30.3 Å². The molecule has 3 N–H and O–H groups in total. The lowest BCUT2D eigenvalue weighted by atomic mass is 10.1. The lowest BCUT2D eigenvalue weighted by molar-refractivity contribution is -0.384. The molecule has 8 nitrogen and oxygen atoms in total. The Labute approximate surface area is 113 Å². The van der Waals surface area contributed by atoms with Crippen molar-refractivity contribution in [3.8, 4) is 11.3 Å². The molecule has 0 aliphatic carbocycles. The molecular formula is C12H10N4O4. The number of hydrazone groups is 1. The summed E-state index contributed by atoms with van der Waals surface area (Å²) in [7, 11) is 0. The molecule has 0 unspecified atom stereocenters. The lowest BCUT2D eigenvalue weighted by Gasteiger charge is -1.98. The van der Waals surface area contributed by atoms with E-state index in [1.165, 1.54) is 12.3 Å². The monoisotopic (exact) mass is 274 g/mol. The van der Waals surface area contributed by atoms with Crippen LogP contribution < -0.4 is 11.2 Å². The number of nitro benzene ring substituents is 1. The smallest absolute Gasteiger partial charge is 0.332 e. The van der Waals surface area contributed by atoms with E-state index in [-0.39, 0.29) is 5.69 Å². The van der Waals surface area contributed by atoms with E-state index in [4.69, 9.17) is 10.2 Å². The number of nitrogens with two attached hydrogens (primary N) is 1. The van der Waals surface area contributed by atoms with E-state index in [0.717, 1.165) is 0 Å². The summed E-state index contributed by atoms with van der Waals surface area (Å²) in [6.07, 6.45) is 1.24. The number of carbonyl (C=O) groups is 1. The fourth-order valence-corrected chi connectivity index (χ4v) is 1.57. The minimum atomic E-state index is -0.799. The number of benzene rings is 1. The first kappa shape index (κ1) is 13.3. The average molecular weight is 274 g/mol. The number of hydrogen-bond donors (Lipinski definition) is 2. The van der Waals surface area contributed by atoms with Gasteiger partial charge in [0.1, 0.15) is 11.5 Å². The summed E-state index contributed by atoms with van der Waals surface area (Å²) >= 11 is 0. The molecular weight excluding hydrogens is 264 g/mol. The fourth-order valence-electron chi connectivity index (χ4n) is 1.57. The molecule has 8 heteroatoms. The molecule has 1 heterocycles. The highest BCUT2D eigenvalue weighted by atomic mass is 16.6. The van der Waals surface area contributed by atoms with Crippen molar-refractivity contribution in [2.45, 2.75) is 0 Å². The van der Waals surface area contributed by atoms with Crippen molar-refractivity contribution in [2.75, 3.05) is 0 Å². The first-order valence-corrected chi connectivity index (χ1v) is 5.50. The third-order valence-electron chi connectivity index (χ3n) is 2.36. The van der Waals surface area contributed by atoms with E-state index in [2.05, 4.69) is 5.10 Å². The Bertz CT molecular complexity index is 678. The summed E-state index contributed by atoms with van der Waals surface area (Å²) in [4.78, 5) is 20.9. The zero-order valence-electron chi connectivity index (χ0n) is 10.1.